The summed E-state index contributed by atoms with van der Waals surface area (Å²) >= 11 is 0. The third-order valence-electron chi connectivity index (χ3n) is 4.08. The van der Waals surface area contributed by atoms with Gasteiger partial charge in [-0.1, -0.05) is 12.1 Å². The summed E-state index contributed by atoms with van der Waals surface area (Å²) in [4.78, 5) is 0.164. The molecule has 0 atom stereocenters. The van der Waals surface area contributed by atoms with Crippen molar-refractivity contribution in [3.8, 4) is 11.5 Å². The molecule has 2 aromatic carbocycles. The summed E-state index contributed by atoms with van der Waals surface area (Å²) in [5.41, 5.74) is 1.11. The van der Waals surface area contributed by atoms with Crippen molar-refractivity contribution >= 4 is 20.0 Å². The number of hydrogen-bond acceptors (Lipinski definition) is 6. The second-order valence-corrected chi connectivity index (χ2v) is 9.53. The van der Waals surface area contributed by atoms with Crippen molar-refractivity contribution in [3.05, 3.63) is 47.5 Å². The summed E-state index contributed by atoms with van der Waals surface area (Å²) in [5.74, 6) is 0.834. The van der Waals surface area contributed by atoms with E-state index >= 15 is 0 Å². The number of nitrogens with one attached hydrogen (secondary N) is 2. The number of benzene rings is 2. The van der Waals surface area contributed by atoms with Gasteiger partial charge in [0.2, 0.25) is 20.0 Å². The molecule has 2 rings (SSSR count). The highest BCUT2D eigenvalue weighted by Crippen LogP contribution is 2.22. The van der Waals surface area contributed by atoms with Crippen molar-refractivity contribution in [2.45, 2.75) is 23.6 Å². The van der Waals surface area contributed by atoms with Crippen molar-refractivity contribution in [2.24, 2.45) is 0 Å². The van der Waals surface area contributed by atoms with Crippen LogP contribution in [0.4, 0.5) is 0 Å². The van der Waals surface area contributed by atoms with Gasteiger partial charge in [0.1, 0.15) is 11.5 Å². The molecular formula is C18H28N2O6S2. The van der Waals surface area contributed by atoms with Gasteiger partial charge in [0, 0.05) is 28.1 Å². The quantitative estimate of drug-likeness (QED) is 0.587. The first-order valence-corrected chi connectivity index (χ1v) is 11.4. The zero-order chi connectivity index (χ0) is 20.9. The lowest BCUT2D eigenvalue weighted by Gasteiger charge is -2.13. The van der Waals surface area contributed by atoms with Crippen LogP contribution in [0.2, 0.25) is 0 Å². The van der Waals surface area contributed by atoms with Gasteiger partial charge in [0.05, 0.1) is 24.0 Å². The molecule has 0 aliphatic carbocycles. The summed E-state index contributed by atoms with van der Waals surface area (Å²) in [6.45, 7) is 3.12. The number of aryl methyl sites for hydroxylation is 2. The molecule has 2 aromatic rings. The molecule has 0 saturated heterocycles. The molecule has 0 amide bonds. The van der Waals surface area contributed by atoms with Gasteiger partial charge in [-0.25, -0.2) is 26.3 Å². The molecule has 0 aromatic heterocycles. The first-order chi connectivity index (χ1) is 13.1. The topological polar surface area (TPSA) is 111 Å². The second-order valence-electron chi connectivity index (χ2n) is 6.06. The van der Waals surface area contributed by atoms with E-state index in [-0.39, 0.29) is 25.7 Å². The molecule has 0 fully saturated rings. The Morgan fingerprint density at radius 3 is 1.43 bits per heavy atom. The van der Waals surface area contributed by atoms with Crippen molar-refractivity contribution in [1.29, 1.82) is 0 Å². The van der Waals surface area contributed by atoms with Crippen LogP contribution >= 0.6 is 0 Å². The van der Waals surface area contributed by atoms with Gasteiger partial charge in [-0.2, -0.15) is 0 Å². The molecule has 0 unspecified atom stereocenters. The highest BCUT2D eigenvalue weighted by molar-refractivity contribution is 7.90. The van der Waals surface area contributed by atoms with E-state index in [4.69, 9.17) is 9.47 Å². The molecule has 0 spiro atoms. The Kier molecular flexibility index (Phi) is 7.05. The highest BCUT2D eigenvalue weighted by atomic mass is 32.2. The van der Waals surface area contributed by atoms with Crippen molar-refractivity contribution in [2.75, 3.05) is 27.3 Å². The Bertz CT molecular complexity index is 975. The minimum absolute atomic E-state index is 0. The van der Waals surface area contributed by atoms with E-state index in [0.717, 1.165) is 0 Å². The monoisotopic (exact) mass is 432 g/mol. The number of ether oxygens (including phenoxy) is 2. The number of rotatable bonds is 9. The number of methoxy groups -OCH3 is 2. The highest BCUT2D eigenvalue weighted by Gasteiger charge is 2.20. The minimum atomic E-state index is -3.81. The Morgan fingerprint density at radius 1 is 0.750 bits per heavy atom. The van der Waals surface area contributed by atoms with Crippen LogP contribution in [0, 0.1) is 13.8 Å². The Morgan fingerprint density at radius 2 is 1.11 bits per heavy atom. The normalized spacial score (nSPS) is 12.0. The lowest BCUT2D eigenvalue weighted by molar-refractivity contribution is 0.413. The third kappa shape index (κ3) is 5.22. The van der Waals surface area contributed by atoms with Crippen LogP contribution in [0.5, 0.6) is 11.5 Å². The molecule has 28 heavy (non-hydrogen) atoms. The maximum absolute atomic E-state index is 12.5. The fraction of sp³-hybridized carbons (Fsp3) is 0.333. The van der Waals surface area contributed by atoms with Crippen LogP contribution in [0.3, 0.4) is 0 Å². The zero-order valence-electron chi connectivity index (χ0n) is 16.1. The molecule has 158 valence electrons. The summed E-state index contributed by atoms with van der Waals surface area (Å²) in [7, 11) is -4.72. The molecule has 0 saturated carbocycles. The van der Waals surface area contributed by atoms with Gasteiger partial charge >= 0.3 is 0 Å². The largest absolute Gasteiger partial charge is 0.497 e. The van der Waals surface area contributed by atoms with Crippen molar-refractivity contribution in [3.63, 3.8) is 0 Å². The van der Waals surface area contributed by atoms with E-state index in [0.29, 0.717) is 22.6 Å². The van der Waals surface area contributed by atoms with E-state index < -0.39 is 20.0 Å². The summed E-state index contributed by atoms with van der Waals surface area (Å²) < 4.78 is 64.9. The number of hydrogen-bond donors (Lipinski definition) is 2. The first-order valence-electron chi connectivity index (χ1n) is 8.39. The van der Waals surface area contributed by atoms with E-state index in [1.54, 1.807) is 38.1 Å². The van der Waals surface area contributed by atoms with Gasteiger partial charge in [0.25, 0.3) is 0 Å². The van der Waals surface area contributed by atoms with Crippen molar-refractivity contribution in [1.82, 2.24) is 9.44 Å². The maximum atomic E-state index is 12.5. The van der Waals surface area contributed by atoms with E-state index in [9.17, 15) is 16.8 Å². The van der Waals surface area contributed by atoms with Gasteiger partial charge < -0.3 is 9.47 Å². The fourth-order valence-electron chi connectivity index (χ4n) is 2.52. The molecule has 0 aliphatic heterocycles. The van der Waals surface area contributed by atoms with Crippen molar-refractivity contribution < 1.29 is 29.2 Å². The predicted octanol–water partition coefficient (Wildman–Crippen LogP) is 2.07. The third-order valence-corrected chi connectivity index (χ3v) is 7.28. The fourth-order valence-corrected chi connectivity index (χ4v) is 5.10. The average molecular weight is 433 g/mol. The van der Waals surface area contributed by atoms with Crippen LogP contribution in [-0.2, 0) is 20.0 Å². The summed E-state index contributed by atoms with van der Waals surface area (Å²) in [6.07, 6.45) is 0. The Labute approximate surface area is 168 Å². The second kappa shape index (κ2) is 8.91. The van der Waals surface area contributed by atoms with Crippen LogP contribution in [0.25, 0.3) is 0 Å². The molecule has 0 radical (unpaired) electrons. The minimum Gasteiger partial charge on any atom is -0.497 e. The van der Waals surface area contributed by atoms with Crippen LogP contribution in [-0.4, -0.2) is 44.1 Å². The smallest absolute Gasteiger partial charge is 0.241 e. The Balaban J connectivity index is 0.00000420. The van der Waals surface area contributed by atoms with E-state index in [1.807, 2.05) is 0 Å². The standard InChI is InChI=1S/C18H24N2O6S2.2H2/c1-13-5-7-15(25-3)11-17(13)27(21,22)19-9-10-20-28(23,24)18-12-16(26-4)8-6-14(18)2;;/h5-8,11-12,19-20H,9-10H2,1-4H3;2*1H. The molecule has 10 heteroatoms. The molecular weight excluding hydrogens is 404 g/mol. The maximum Gasteiger partial charge on any atom is 0.241 e. The van der Waals surface area contributed by atoms with Crippen LogP contribution in [0.1, 0.15) is 14.0 Å². The zero-order valence-corrected chi connectivity index (χ0v) is 17.8. The SMILES string of the molecule is COc1ccc(C)c(S(=O)(=O)NCCNS(=O)(=O)c2cc(OC)ccc2C)c1.[HH].[HH]. The summed E-state index contributed by atoms with van der Waals surface area (Å²) in [6, 6.07) is 9.45. The van der Waals surface area contributed by atoms with Crippen LogP contribution < -0.4 is 18.9 Å². The summed E-state index contributed by atoms with van der Waals surface area (Å²) in [5, 5.41) is 0. The Hall–Kier alpha value is -2.14. The molecule has 0 bridgehead atoms. The number of sulfonamides is 2. The lowest BCUT2D eigenvalue weighted by atomic mass is 10.2. The lowest BCUT2D eigenvalue weighted by Crippen LogP contribution is -2.35. The molecule has 0 heterocycles. The van der Waals surface area contributed by atoms with E-state index in [2.05, 4.69) is 9.44 Å². The molecule has 8 nitrogen and oxygen atoms in total. The van der Waals surface area contributed by atoms with Gasteiger partial charge in [-0.05, 0) is 37.1 Å². The van der Waals surface area contributed by atoms with Gasteiger partial charge in [-0.15, -0.1) is 0 Å². The van der Waals surface area contributed by atoms with Gasteiger partial charge in [0.15, 0.2) is 0 Å². The average Bonchev–Trinajstić information content (AvgIpc) is 2.66. The van der Waals surface area contributed by atoms with E-state index in [1.165, 1.54) is 26.4 Å². The van der Waals surface area contributed by atoms with Crippen LogP contribution in [0.15, 0.2) is 46.2 Å². The van der Waals surface area contributed by atoms with Gasteiger partial charge in [-0.3, -0.25) is 0 Å². The predicted molar refractivity (Wildman–Crippen MR) is 110 cm³/mol. The molecule has 0 aliphatic rings. The first kappa shape index (κ1) is 22.2. The molecule has 2 N–H and O–H groups in total.